The third-order valence-corrected chi connectivity index (χ3v) is 7.22. The van der Waals surface area contributed by atoms with Crippen LogP contribution in [0.2, 0.25) is 5.02 Å². The van der Waals surface area contributed by atoms with Crippen LogP contribution < -0.4 is 4.90 Å². The Morgan fingerprint density at radius 1 is 1.05 bits per heavy atom. The molecule has 2 amide bonds. The number of alkyl halides is 3. The summed E-state index contributed by atoms with van der Waals surface area (Å²) in [7, 11) is 0. The number of pyridine rings is 1. The number of ether oxygens (including phenoxy) is 1. The van der Waals surface area contributed by atoms with Gasteiger partial charge in [0.15, 0.2) is 0 Å². The fraction of sp³-hybridized carbons (Fsp3) is 0.393. The number of halogens is 4. The lowest BCUT2D eigenvalue weighted by molar-refractivity contribution is -0.137. The molecule has 2 heterocycles. The second-order valence-corrected chi connectivity index (χ2v) is 10.2. The Labute approximate surface area is 229 Å². The van der Waals surface area contributed by atoms with Gasteiger partial charge >= 0.3 is 12.3 Å². The van der Waals surface area contributed by atoms with E-state index in [0.29, 0.717) is 49.1 Å². The fourth-order valence-electron chi connectivity index (χ4n) is 4.78. The van der Waals surface area contributed by atoms with E-state index in [-0.39, 0.29) is 30.2 Å². The van der Waals surface area contributed by atoms with Crippen molar-refractivity contribution in [3.8, 4) is 0 Å². The molecule has 0 atom stereocenters. The molecule has 0 unspecified atom stereocenters. The zero-order valence-electron chi connectivity index (χ0n) is 21.4. The Bertz CT molecular complexity index is 1370. The summed E-state index contributed by atoms with van der Waals surface area (Å²) in [6.45, 7) is 4.31. The number of aromatic nitrogens is 1. The molecule has 0 N–H and O–H groups in total. The van der Waals surface area contributed by atoms with Gasteiger partial charge < -0.3 is 19.4 Å². The molecule has 0 radical (unpaired) electrons. The van der Waals surface area contributed by atoms with E-state index in [1.54, 1.807) is 28.9 Å². The average Bonchev–Trinajstić information content (AvgIpc) is 3.76. The topological polar surface area (TPSA) is 66.0 Å². The van der Waals surface area contributed by atoms with Crippen LogP contribution in [0.3, 0.4) is 0 Å². The second-order valence-electron chi connectivity index (χ2n) is 9.72. The molecule has 7 nitrogen and oxygen atoms in total. The van der Waals surface area contributed by atoms with Crippen molar-refractivity contribution in [2.24, 2.45) is 0 Å². The zero-order valence-corrected chi connectivity index (χ0v) is 22.1. The van der Waals surface area contributed by atoms with Crippen molar-refractivity contribution in [1.29, 1.82) is 0 Å². The molecule has 1 aromatic heterocycles. The molecule has 0 bridgehead atoms. The highest BCUT2D eigenvalue weighted by Gasteiger charge is 2.35. The van der Waals surface area contributed by atoms with Gasteiger partial charge in [-0.15, -0.1) is 0 Å². The number of nitrogens with zero attached hydrogens (tertiary/aromatic N) is 4. The van der Waals surface area contributed by atoms with Gasteiger partial charge in [0.25, 0.3) is 5.91 Å². The van der Waals surface area contributed by atoms with Crippen LogP contribution in [-0.4, -0.2) is 65.6 Å². The Kier molecular flexibility index (Phi) is 7.57. The van der Waals surface area contributed by atoms with Gasteiger partial charge in [-0.05, 0) is 62.2 Å². The number of anilines is 1. The standard InChI is InChI=1S/C28H28ClF3N4O3/c1-2-39-27(38)35-13-11-34(12-14-35)25-20(15-19-5-8-22(29)16-24(19)33-25)17-36(23-9-10-23)26(37)18-3-6-21(7-4-18)28(30,31)32/h3-8,15-16,23H,2,9-14,17H2,1H3. The van der Waals surface area contributed by atoms with Gasteiger partial charge in [0.2, 0.25) is 0 Å². The van der Waals surface area contributed by atoms with Crippen molar-refractivity contribution in [2.45, 2.75) is 38.5 Å². The van der Waals surface area contributed by atoms with Gasteiger partial charge in [-0.2, -0.15) is 13.2 Å². The van der Waals surface area contributed by atoms with Crippen LogP contribution in [0.25, 0.3) is 10.9 Å². The van der Waals surface area contributed by atoms with Crippen molar-refractivity contribution < 1.29 is 27.5 Å². The molecule has 1 saturated heterocycles. The van der Waals surface area contributed by atoms with Crippen LogP contribution >= 0.6 is 11.6 Å². The van der Waals surface area contributed by atoms with E-state index >= 15 is 0 Å². The Morgan fingerprint density at radius 3 is 2.36 bits per heavy atom. The highest BCUT2D eigenvalue weighted by Crippen LogP contribution is 2.34. The average molecular weight is 561 g/mol. The summed E-state index contributed by atoms with van der Waals surface area (Å²) >= 11 is 6.23. The maximum absolute atomic E-state index is 13.5. The van der Waals surface area contributed by atoms with Crippen molar-refractivity contribution in [2.75, 3.05) is 37.7 Å². The number of amides is 2. The lowest BCUT2D eigenvalue weighted by Crippen LogP contribution is -2.49. The molecule has 0 spiro atoms. The molecule has 2 fully saturated rings. The predicted molar refractivity (Wildman–Crippen MR) is 142 cm³/mol. The molecule has 1 aliphatic carbocycles. The van der Waals surface area contributed by atoms with Crippen LogP contribution in [0.1, 0.15) is 41.3 Å². The molecule has 1 aliphatic heterocycles. The lowest BCUT2D eigenvalue weighted by atomic mass is 10.1. The van der Waals surface area contributed by atoms with Crippen LogP contribution in [0.15, 0.2) is 48.5 Å². The Hall–Kier alpha value is -3.53. The van der Waals surface area contributed by atoms with Gasteiger partial charge in [-0.1, -0.05) is 17.7 Å². The number of fused-ring (bicyclic) bond motifs is 1. The maximum Gasteiger partial charge on any atom is 0.416 e. The van der Waals surface area contributed by atoms with E-state index in [0.717, 1.165) is 35.9 Å². The Morgan fingerprint density at radius 2 is 1.74 bits per heavy atom. The second kappa shape index (κ2) is 10.9. The zero-order chi connectivity index (χ0) is 27.7. The lowest BCUT2D eigenvalue weighted by Gasteiger charge is -2.36. The van der Waals surface area contributed by atoms with Gasteiger partial charge in [0.05, 0.1) is 17.7 Å². The molecule has 1 saturated carbocycles. The number of hydrogen-bond donors (Lipinski definition) is 0. The molecule has 3 aromatic rings. The summed E-state index contributed by atoms with van der Waals surface area (Å²) in [5, 5.41) is 1.42. The van der Waals surface area contributed by atoms with Crippen LogP contribution in [-0.2, 0) is 17.5 Å². The van der Waals surface area contributed by atoms with Crippen molar-refractivity contribution >= 4 is 40.3 Å². The number of rotatable bonds is 6. The highest BCUT2D eigenvalue weighted by atomic mass is 35.5. The van der Waals surface area contributed by atoms with E-state index in [2.05, 4.69) is 4.90 Å². The molecular weight excluding hydrogens is 533 g/mol. The predicted octanol–water partition coefficient (Wildman–Crippen LogP) is 5.99. The maximum atomic E-state index is 13.5. The minimum absolute atomic E-state index is 0.00854. The van der Waals surface area contributed by atoms with Gasteiger partial charge in [-0.3, -0.25) is 4.79 Å². The van der Waals surface area contributed by atoms with E-state index < -0.39 is 11.7 Å². The first-order chi connectivity index (χ1) is 18.6. The summed E-state index contributed by atoms with van der Waals surface area (Å²) < 4.78 is 44.3. The van der Waals surface area contributed by atoms with E-state index in [1.165, 1.54) is 12.1 Å². The summed E-state index contributed by atoms with van der Waals surface area (Å²) in [6, 6.07) is 11.8. The molecule has 2 aromatic carbocycles. The molecule has 11 heteroatoms. The van der Waals surface area contributed by atoms with E-state index in [9.17, 15) is 22.8 Å². The fourth-order valence-corrected chi connectivity index (χ4v) is 4.95. The van der Waals surface area contributed by atoms with Gasteiger partial charge in [0.1, 0.15) is 5.82 Å². The Balaban J connectivity index is 1.44. The van der Waals surface area contributed by atoms with Crippen molar-refractivity contribution in [3.63, 3.8) is 0 Å². The number of hydrogen-bond acceptors (Lipinski definition) is 5. The van der Waals surface area contributed by atoms with E-state index in [4.69, 9.17) is 21.3 Å². The summed E-state index contributed by atoms with van der Waals surface area (Å²) in [6.07, 6.45) is -3.16. The molecule has 39 heavy (non-hydrogen) atoms. The van der Waals surface area contributed by atoms with Gasteiger partial charge in [-0.25, -0.2) is 9.78 Å². The van der Waals surface area contributed by atoms with Gasteiger partial charge in [0, 0.05) is 60.3 Å². The largest absolute Gasteiger partial charge is 0.450 e. The first kappa shape index (κ1) is 27.1. The minimum Gasteiger partial charge on any atom is -0.450 e. The molecular formula is C28H28ClF3N4O3. The van der Waals surface area contributed by atoms with E-state index in [1.807, 2.05) is 12.1 Å². The molecule has 5 rings (SSSR count). The smallest absolute Gasteiger partial charge is 0.416 e. The normalized spacial score (nSPS) is 15.9. The first-order valence-corrected chi connectivity index (χ1v) is 13.3. The number of piperazine rings is 1. The number of carbonyl (C=O) groups excluding carboxylic acids is 2. The highest BCUT2D eigenvalue weighted by molar-refractivity contribution is 6.31. The summed E-state index contributed by atoms with van der Waals surface area (Å²) in [4.78, 5) is 36.1. The SMILES string of the molecule is CCOC(=O)N1CCN(c2nc3cc(Cl)ccc3cc2CN(C(=O)c2ccc(C(F)(F)F)cc2)C2CC2)CC1. The van der Waals surface area contributed by atoms with Crippen LogP contribution in [0.5, 0.6) is 0 Å². The quantitative estimate of drug-likeness (QED) is 0.370. The minimum atomic E-state index is -4.47. The van der Waals surface area contributed by atoms with Crippen molar-refractivity contribution in [3.05, 3.63) is 70.2 Å². The van der Waals surface area contributed by atoms with Crippen LogP contribution in [0, 0.1) is 0 Å². The third kappa shape index (κ3) is 6.06. The third-order valence-electron chi connectivity index (χ3n) is 6.99. The summed E-state index contributed by atoms with van der Waals surface area (Å²) in [5.41, 5.74) is 0.946. The molecule has 206 valence electrons. The number of carbonyl (C=O) groups is 2. The van der Waals surface area contributed by atoms with Crippen molar-refractivity contribution in [1.82, 2.24) is 14.8 Å². The number of benzene rings is 2. The summed E-state index contributed by atoms with van der Waals surface area (Å²) in [5.74, 6) is 0.375. The van der Waals surface area contributed by atoms with Crippen LogP contribution in [0.4, 0.5) is 23.8 Å². The molecule has 2 aliphatic rings. The monoisotopic (exact) mass is 560 g/mol. The first-order valence-electron chi connectivity index (χ1n) is 12.9.